The van der Waals surface area contributed by atoms with Gasteiger partial charge in [0.15, 0.2) is 0 Å². The third kappa shape index (κ3) is 2.05. The predicted molar refractivity (Wildman–Crippen MR) is 67.5 cm³/mol. The molecule has 98 valence electrons. The summed E-state index contributed by atoms with van der Waals surface area (Å²) in [4.78, 5) is 33.1. The number of carboxylic acids is 1. The molecule has 0 bridgehead atoms. The maximum Gasteiger partial charge on any atom is 0.341 e. The Morgan fingerprint density at radius 3 is 2.68 bits per heavy atom. The quantitative estimate of drug-likeness (QED) is 0.668. The van der Waals surface area contributed by atoms with Gasteiger partial charge in [-0.1, -0.05) is 0 Å². The monoisotopic (exact) mass is 262 g/mol. The Kier molecular flexibility index (Phi) is 3.04. The van der Waals surface area contributed by atoms with Gasteiger partial charge in [-0.05, 0) is 13.0 Å². The SMILES string of the molecule is CCn1cc(C(=O)O)c(=O)c2cc([N+](=O)[O-])ccc21. The highest BCUT2D eigenvalue weighted by atomic mass is 16.6. The zero-order valence-corrected chi connectivity index (χ0v) is 9.99. The number of pyridine rings is 1. The molecule has 0 aliphatic carbocycles. The van der Waals surface area contributed by atoms with Crippen LogP contribution in [0.25, 0.3) is 10.9 Å². The minimum Gasteiger partial charge on any atom is -0.477 e. The van der Waals surface area contributed by atoms with Crippen molar-refractivity contribution in [3.63, 3.8) is 0 Å². The summed E-state index contributed by atoms with van der Waals surface area (Å²) in [5.41, 5.74) is -0.872. The first-order valence-electron chi connectivity index (χ1n) is 5.50. The molecule has 0 aliphatic rings. The number of aromatic carboxylic acids is 1. The van der Waals surface area contributed by atoms with Gasteiger partial charge in [-0.3, -0.25) is 14.9 Å². The molecule has 19 heavy (non-hydrogen) atoms. The lowest BCUT2D eigenvalue weighted by atomic mass is 10.1. The minimum atomic E-state index is -1.35. The van der Waals surface area contributed by atoms with E-state index >= 15 is 0 Å². The average Bonchev–Trinajstić information content (AvgIpc) is 2.38. The molecule has 1 heterocycles. The predicted octanol–water partition coefficient (Wildman–Crippen LogP) is 1.63. The van der Waals surface area contributed by atoms with Gasteiger partial charge in [0.05, 0.1) is 15.8 Å². The molecule has 0 radical (unpaired) electrons. The van der Waals surface area contributed by atoms with Gasteiger partial charge >= 0.3 is 5.97 Å². The van der Waals surface area contributed by atoms with E-state index in [4.69, 9.17) is 5.11 Å². The number of carboxylic acid groups (broad SMARTS) is 1. The maximum atomic E-state index is 12.0. The molecule has 0 saturated heterocycles. The number of rotatable bonds is 3. The second-order valence-electron chi connectivity index (χ2n) is 3.92. The van der Waals surface area contributed by atoms with Crippen molar-refractivity contribution in [2.45, 2.75) is 13.5 Å². The molecule has 0 saturated carbocycles. The first-order chi connectivity index (χ1) is 8.95. The zero-order valence-electron chi connectivity index (χ0n) is 9.99. The second kappa shape index (κ2) is 4.52. The van der Waals surface area contributed by atoms with Crippen LogP contribution in [0.3, 0.4) is 0 Å². The maximum absolute atomic E-state index is 12.0. The van der Waals surface area contributed by atoms with Gasteiger partial charge in [0, 0.05) is 24.9 Å². The van der Waals surface area contributed by atoms with E-state index in [1.54, 1.807) is 11.5 Å². The van der Waals surface area contributed by atoms with E-state index in [0.717, 1.165) is 6.07 Å². The fourth-order valence-corrected chi connectivity index (χ4v) is 1.91. The van der Waals surface area contributed by atoms with Crippen molar-refractivity contribution >= 4 is 22.6 Å². The second-order valence-corrected chi connectivity index (χ2v) is 3.92. The highest BCUT2D eigenvalue weighted by molar-refractivity contribution is 5.93. The third-order valence-electron chi connectivity index (χ3n) is 2.85. The summed E-state index contributed by atoms with van der Waals surface area (Å²) < 4.78 is 1.57. The number of fused-ring (bicyclic) bond motifs is 1. The Labute approximate surface area is 106 Å². The van der Waals surface area contributed by atoms with E-state index in [-0.39, 0.29) is 11.1 Å². The van der Waals surface area contributed by atoms with Gasteiger partial charge in [-0.15, -0.1) is 0 Å². The molecular weight excluding hydrogens is 252 g/mol. The highest BCUT2D eigenvalue weighted by Crippen LogP contribution is 2.19. The molecule has 7 nitrogen and oxygen atoms in total. The van der Waals surface area contributed by atoms with E-state index in [1.807, 2.05) is 0 Å². The van der Waals surface area contributed by atoms with Crippen molar-refractivity contribution in [3.05, 3.63) is 50.3 Å². The van der Waals surface area contributed by atoms with Gasteiger partial charge < -0.3 is 9.67 Å². The van der Waals surface area contributed by atoms with Crippen molar-refractivity contribution in [2.75, 3.05) is 0 Å². The lowest BCUT2D eigenvalue weighted by molar-refractivity contribution is -0.384. The first-order valence-corrected chi connectivity index (χ1v) is 5.50. The van der Waals surface area contributed by atoms with E-state index < -0.39 is 21.9 Å². The number of non-ortho nitro benzene ring substituents is 1. The van der Waals surface area contributed by atoms with Gasteiger partial charge in [0.25, 0.3) is 5.69 Å². The van der Waals surface area contributed by atoms with Crippen molar-refractivity contribution in [3.8, 4) is 0 Å². The van der Waals surface area contributed by atoms with E-state index in [1.165, 1.54) is 18.3 Å². The minimum absolute atomic E-state index is 0.0379. The van der Waals surface area contributed by atoms with E-state index in [0.29, 0.717) is 12.1 Å². The molecule has 0 fully saturated rings. The van der Waals surface area contributed by atoms with Crippen LogP contribution in [0.1, 0.15) is 17.3 Å². The molecule has 1 aromatic heterocycles. The molecular formula is C12H10N2O5. The Bertz CT molecular complexity index is 748. The number of benzene rings is 1. The zero-order chi connectivity index (χ0) is 14.2. The smallest absolute Gasteiger partial charge is 0.341 e. The molecule has 1 N–H and O–H groups in total. The van der Waals surface area contributed by atoms with E-state index in [2.05, 4.69) is 0 Å². The van der Waals surface area contributed by atoms with Crippen LogP contribution in [0.2, 0.25) is 0 Å². The topological polar surface area (TPSA) is 102 Å². The number of aryl methyl sites for hydroxylation is 1. The number of hydrogen-bond acceptors (Lipinski definition) is 4. The Morgan fingerprint density at radius 2 is 2.16 bits per heavy atom. The molecule has 7 heteroatoms. The van der Waals surface area contributed by atoms with Crippen LogP contribution >= 0.6 is 0 Å². The standard InChI is InChI=1S/C12H10N2O5/c1-2-13-6-9(12(16)17)11(15)8-5-7(14(18)19)3-4-10(8)13/h3-6H,2H2,1H3,(H,16,17). The number of nitro groups is 1. The summed E-state index contributed by atoms with van der Waals surface area (Å²) in [5.74, 6) is -1.35. The fourth-order valence-electron chi connectivity index (χ4n) is 1.91. The molecule has 1 aromatic carbocycles. The molecule has 0 spiro atoms. The number of nitrogens with zero attached hydrogens (tertiary/aromatic N) is 2. The normalized spacial score (nSPS) is 10.6. The van der Waals surface area contributed by atoms with Crippen LogP contribution in [-0.4, -0.2) is 20.6 Å². The van der Waals surface area contributed by atoms with Crippen molar-refractivity contribution in [1.29, 1.82) is 0 Å². The molecule has 0 unspecified atom stereocenters. The molecule has 0 amide bonds. The summed E-state index contributed by atoms with van der Waals surface area (Å²) in [6.45, 7) is 2.24. The Balaban J connectivity index is 2.92. The largest absolute Gasteiger partial charge is 0.477 e. The molecule has 0 atom stereocenters. The fraction of sp³-hybridized carbons (Fsp3) is 0.167. The molecule has 2 rings (SSSR count). The van der Waals surface area contributed by atoms with Gasteiger partial charge in [-0.2, -0.15) is 0 Å². The number of carbonyl (C=O) groups is 1. The first kappa shape index (κ1) is 12.7. The highest BCUT2D eigenvalue weighted by Gasteiger charge is 2.16. The summed E-state index contributed by atoms with van der Waals surface area (Å²) in [7, 11) is 0. The van der Waals surface area contributed by atoms with Crippen LogP contribution in [0, 0.1) is 10.1 Å². The van der Waals surface area contributed by atoms with E-state index in [9.17, 15) is 19.7 Å². The lowest BCUT2D eigenvalue weighted by Gasteiger charge is -2.09. The summed E-state index contributed by atoms with van der Waals surface area (Å²) in [6.07, 6.45) is 1.25. The van der Waals surface area contributed by atoms with Gasteiger partial charge in [0.1, 0.15) is 5.56 Å². The summed E-state index contributed by atoms with van der Waals surface area (Å²) in [5, 5.41) is 19.7. The van der Waals surface area contributed by atoms with Crippen LogP contribution in [-0.2, 0) is 6.54 Å². The van der Waals surface area contributed by atoms with Crippen LogP contribution in [0.5, 0.6) is 0 Å². The third-order valence-corrected chi connectivity index (χ3v) is 2.85. The van der Waals surface area contributed by atoms with Crippen LogP contribution in [0.4, 0.5) is 5.69 Å². The number of nitro benzene ring substituents is 1. The average molecular weight is 262 g/mol. The Hall–Kier alpha value is -2.70. The van der Waals surface area contributed by atoms with Crippen LogP contribution in [0.15, 0.2) is 29.2 Å². The number of hydrogen-bond donors (Lipinski definition) is 1. The molecule has 0 aliphatic heterocycles. The van der Waals surface area contributed by atoms with Crippen molar-refractivity contribution < 1.29 is 14.8 Å². The lowest BCUT2D eigenvalue weighted by Crippen LogP contribution is -2.18. The van der Waals surface area contributed by atoms with Gasteiger partial charge in [-0.25, -0.2) is 4.79 Å². The Morgan fingerprint density at radius 1 is 1.47 bits per heavy atom. The van der Waals surface area contributed by atoms with Crippen LogP contribution < -0.4 is 5.43 Å². The number of aromatic nitrogens is 1. The molecule has 2 aromatic rings. The summed E-state index contributed by atoms with van der Waals surface area (Å²) in [6, 6.07) is 3.84. The van der Waals surface area contributed by atoms with Gasteiger partial charge in [0.2, 0.25) is 5.43 Å². The van der Waals surface area contributed by atoms with Crippen molar-refractivity contribution in [1.82, 2.24) is 4.57 Å². The van der Waals surface area contributed by atoms with Crippen molar-refractivity contribution in [2.24, 2.45) is 0 Å². The summed E-state index contributed by atoms with van der Waals surface area (Å²) >= 11 is 0.